The minimum Gasteiger partial charge on any atom is -0.481 e. The van der Waals surface area contributed by atoms with Crippen LogP contribution in [0.2, 0.25) is 0 Å². The molecule has 4 heteroatoms. The highest BCUT2D eigenvalue weighted by Crippen LogP contribution is 2.16. The zero-order valence-corrected chi connectivity index (χ0v) is 10.9. The van der Waals surface area contributed by atoms with Crippen molar-refractivity contribution in [3.8, 4) is 0 Å². The van der Waals surface area contributed by atoms with Gasteiger partial charge in [-0.2, -0.15) is 0 Å². The smallest absolute Gasteiger partial charge is 0.305 e. The van der Waals surface area contributed by atoms with Gasteiger partial charge in [-0.3, -0.25) is 9.59 Å². The highest BCUT2D eigenvalue weighted by atomic mass is 16.4. The monoisotopic (exact) mass is 229 g/mol. The summed E-state index contributed by atoms with van der Waals surface area (Å²) >= 11 is 0. The number of rotatable bonds is 6. The molecular weight excluding hydrogens is 206 g/mol. The molecule has 0 rings (SSSR count). The summed E-state index contributed by atoms with van der Waals surface area (Å²) in [7, 11) is 0. The van der Waals surface area contributed by atoms with E-state index in [1.54, 1.807) is 11.8 Å². The Kier molecular flexibility index (Phi) is 6.08. The summed E-state index contributed by atoms with van der Waals surface area (Å²) in [5.74, 6) is -0.600. The van der Waals surface area contributed by atoms with Crippen LogP contribution in [0.3, 0.4) is 0 Å². The topological polar surface area (TPSA) is 57.6 Å². The Balaban J connectivity index is 4.59. The van der Waals surface area contributed by atoms with Crippen molar-refractivity contribution >= 4 is 11.9 Å². The van der Waals surface area contributed by atoms with Crippen LogP contribution in [0, 0.1) is 11.8 Å². The van der Waals surface area contributed by atoms with Gasteiger partial charge in [-0.15, -0.1) is 0 Å². The first-order valence-electron chi connectivity index (χ1n) is 5.83. The van der Waals surface area contributed by atoms with Crippen molar-refractivity contribution in [2.75, 3.05) is 6.54 Å². The summed E-state index contributed by atoms with van der Waals surface area (Å²) in [5, 5.41) is 8.72. The molecule has 2 atom stereocenters. The van der Waals surface area contributed by atoms with Crippen molar-refractivity contribution in [1.82, 2.24) is 4.90 Å². The average molecular weight is 229 g/mol. The van der Waals surface area contributed by atoms with Gasteiger partial charge in [0.25, 0.3) is 0 Å². The van der Waals surface area contributed by atoms with E-state index < -0.39 is 5.97 Å². The lowest BCUT2D eigenvalue weighted by Crippen LogP contribution is -2.43. The normalized spacial score (nSPS) is 14.6. The van der Waals surface area contributed by atoms with E-state index in [0.29, 0.717) is 6.54 Å². The Bertz CT molecular complexity index is 251. The van der Waals surface area contributed by atoms with Gasteiger partial charge in [-0.05, 0) is 19.8 Å². The van der Waals surface area contributed by atoms with Gasteiger partial charge < -0.3 is 10.0 Å². The number of carboxylic acids is 1. The van der Waals surface area contributed by atoms with Crippen molar-refractivity contribution in [1.29, 1.82) is 0 Å². The quantitative estimate of drug-likeness (QED) is 0.757. The molecular formula is C12H23NO3. The van der Waals surface area contributed by atoms with Gasteiger partial charge in [0.2, 0.25) is 5.91 Å². The highest BCUT2D eigenvalue weighted by molar-refractivity contribution is 5.79. The van der Waals surface area contributed by atoms with Crippen LogP contribution in [-0.4, -0.2) is 34.5 Å². The number of carbonyl (C=O) groups excluding carboxylic acids is 1. The van der Waals surface area contributed by atoms with Crippen LogP contribution in [0.5, 0.6) is 0 Å². The zero-order chi connectivity index (χ0) is 12.9. The fourth-order valence-corrected chi connectivity index (χ4v) is 1.59. The standard InChI is InChI=1S/C12H23NO3/c1-6-13(9(4)7-11(14)15)12(16)10(5)8(2)3/h8-10H,6-7H2,1-5H3,(H,14,15). The van der Waals surface area contributed by atoms with Crippen LogP contribution in [0.1, 0.15) is 41.0 Å². The molecule has 0 radical (unpaired) electrons. The van der Waals surface area contributed by atoms with Crippen LogP contribution in [0.4, 0.5) is 0 Å². The predicted octanol–water partition coefficient (Wildman–Crippen LogP) is 1.99. The van der Waals surface area contributed by atoms with E-state index in [-0.39, 0.29) is 30.2 Å². The van der Waals surface area contributed by atoms with Crippen molar-refractivity contribution in [2.24, 2.45) is 11.8 Å². The van der Waals surface area contributed by atoms with E-state index in [2.05, 4.69) is 0 Å². The zero-order valence-electron chi connectivity index (χ0n) is 10.9. The molecule has 0 aliphatic carbocycles. The molecule has 0 saturated heterocycles. The number of nitrogens with zero attached hydrogens (tertiary/aromatic N) is 1. The van der Waals surface area contributed by atoms with E-state index in [4.69, 9.17) is 5.11 Å². The Morgan fingerprint density at radius 1 is 1.19 bits per heavy atom. The third-order valence-electron chi connectivity index (χ3n) is 3.02. The molecule has 2 unspecified atom stereocenters. The van der Waals surface area contributed by atoms with E-state index in [0.717, 1.165) is 0 Å². The first kappa shape index (κ1) is 14.9. The molecule has 0 spiro atoms. The van der Waals surface area contributed by atoms with Crippen LogP contribution < -0.4 is 0 Å². The number of hydrogen-bond donors (Lipinski definition) is 1. The maximum Gasteiger partial charge on any atom is 0.305 e. The fraction of sp³-hybridized carbons (Fsp3) is 0.833. The van der Waals surface area contributed by atoms with Crippen LogP contribution in [0.25, 0.3) is 0 Å². The van der Waals surface area contributed by atoms with E-state index in [9.17, 15) is 9.59 Å². The number of carbonyl (C=O) groups is 2. The molecule has 0 aromatic heterocycles. The van der Waals surface area contributed by atoms with Gasteiger partial charge in [0.05, 0.1) is 6.42 Å². The molecule has 0 bridgehead atoms. The van der Waals surface area contributed by atoms with Crippen molar-refractivity contribution in [3.63, 3.8) is 0 Å². The minimum absolute atomic E-state index is 0.00436. The Morgan fingerprint density at radius 3 is 2.00 bits per heavy atom. The molecule has 94 valence electrons. The fourth-order valence-electron chi connectivity index (χ4n) is 1.59. The first-order chi connectivity index (χ1) is 7.31. The maximum absolute atomic E-state index is 12.1. The van der Waals surface area contributed by atoms with Crippen molar-refractivity contribution < 1.29 is 14.7 Å². The third-order valence-corrected chi connectivity index (χ3v) is 3.02. The number of hydrogen-bond acceptors (Lipinski definition) is 2. The summed E-state index contributed by atoms with van der Waals surface area (Å²) in [6, 6.07) is -0.240. The summed E-state index contributed by atoms with van der Waals surface area (Å²) < 4.78 is 0. The van der Waals surface area contributed by atoms with Crippen molar-refractivity contribution in [3.05, 3.63) is 0 Å². The largest absolute Gasteiger partial charge is 0.481 e. The minimum atomic E-state index is -0.865. The van der Waals surface area contributed by atoms with Gasteiger partial charge in [0.15, 0.2) is 0 Å². The number of carboxylic acid groups (broad SMARTS) is 1. The average Bonchev–Trinajstić information content (AvgIpc) is 2.16. The summed E-state index contributed by atoms with van der Waals surface area (Å²) in [6.45, 7) is 10.1. The van der Waals surface area contributed by atoms with Crippen molar-refractivity contribution in [2.45, 2.75) is 47.1 Å². The highest BCUT2D eigenvalue weighted by Gasteiger charge is 2.26. The van der Waals surface area contributed by atoms with Crippen LogP contribution in [0.15, 0.2) is 0 Å². The molecule has 0 fully saturated rings. The molecule has 0 aromatic rings. The maximum atomic E-state index is 12.1. The van der Waals surface area contributed by atoms with Gasteiger partial charge in [-0.1, -0.05) is 20.8 Å². The molecule has 1 amide bonds. The predicted molar refractivity (Wildman–Crippen MR) is 63.1 cm³/mol. The van der Waals surface area contributed by atoms with Gasteiger partial charge in [-0.25, -0.2) is 0 Å². The lowest BCUT2D eigenvalue weighted by molar-refractivity contribution is -0.142. The summed E-state index contributed by atoms with van der Waals surface area (Å²) in [4.78, 5) is 24.3. The molecule has 16 heavy (non-hydrogen) atoms. The molecule has 0 aliphatic rings. The first-order valence-corrected chi connectivity index (χ1v) is 5.83. The van der Waals surface area contributed by atoms with Crippen LogP contribution >= 0.6 is 0 Å². The SMILES string of the molecule is CCN(C(=O)C(C)C(C)C)C(C)CC(=O)O. The second-order valence-corrected chi connectivity index (χ2v) is 4.60. The second-order valence-electron chi connectivity index (χ2n) is 4.60. The van der Waals surface area contributed by atoms with E-state index >= 15 is 0 Å². The lowest BCUT2D eigenvalue weighted by Gasteiger charge is -2.30. The molecule has 0 heterocycles. The van der Waals surface area contributed by atoms with Gasteiger partial charge >= 0.3 is 5.97 Å². The Labute approximate surface area is 97.6 Å². The third kappa shape index (κ3) is 4.21. The van der Waals surface area contributed by atoms with E-state index in [1.165, 1.54) is 0 Å². The lowest BCUT2D eigenvalue weighted by atomic mass is 9.96. The number of amides is 1. The Morgan fingerprint density at radius 2 is 1.69 bits per heavy atom. The summed E-state index contributed by atoms with van der Waals surface area (Å²) in [6.07, 6.45) is 0.00436. The molecule has 1 N–H and O–H groups in total. The number of aliphatic carboxylic acids is 1. The van der Waals surface area contributed by atoms with Gasteiger partial charge in [0, 0.05) is 18.5 Å². The van der Waals surface area contributed by atoms with E-state index in [1.807, 2.05) is 27.7 Å². The molecule has 0 aliphatic heterocycles. The van der Waals surface area contributed by atoms with Crippen LogP contribution in [-0.2, 0) is 9.59 Å². The Hall–Kier alpha value is -1.06. The summed E-state index contributed by atoms with van der Waals surface area (Å²) in [5.41, 5.74) is 0. The second kappa shape index (κ2) is 6.51. The van der Waals surface area contributed by atoms with Gasteiger partial charge in [0.1, 0.15) is 0 Å². The molecule has 4 nitrogen and oxygen atoms in total. The molecule has 0 aromatic carbocycles. The molecule has 0 saturated carbocycles.